The first-order chi connectivity index (χ1) is 8.69. The quantitative estimate of drug-likeness (QED) is 0.896. The van der Waals surface area contributed by atoms with Crippen molar-refractivity contribution < 1.29 is 19.4 Å². The number of nitrogens with zero attached hydrogens (tertiary/aromatic N) is 1. The van der Waals surface area contributed by atoms with Gasteiger partial charge in [0.25, 0.3) is 0 Å². The minimum Gasteiger partial charge on any atom is -0.497 e. The molecule has 2 rings (SSSR count). The molecule has 0 aliphatic rings. The van der Waals surface area contributed by atoms with E-state index in [4.69, 9.17) is 14.6 Å². The summed E-state index contributed by atoms with van der Waals surface area (Å²) in [4.78, 5) is 14.6. The molecular formula is C13H11NO4. The van der Waals surface area contributed by atoms with Crippen molar-refractivity contribution in [2.24, 2.45) is 0 Å². The number of carboxylic acids is 1. The summed E-state index contributed by atoms with van der Waals surface area (Å²) in [7, 11) is 1.58. The Morgan fingerprint density at radius 2 is 1.78 bits per heavy atom. The van der Waals surface area contributed by atoms with E-state index in [1.807, 2.05) is 0 Å². The molecule has 5 nitrogen and oxygen atoms in total. The lowest BCUT2D eigenvalue weighted by molar-refractivity contribution is 0.0696. The second-order valence-electron chi connectivity index (χ2n) is 3.49. The molecule has 1 heterocycles. The van der Waals surface area contributed by atoms with Gasteiger partial charge in [-0.15, -0.1) is 0 Å². The Morgan fingerprint density at radius 1 is 1.11 bits per heavy atom. The Balaban J connectivity index is 2.17. The average Bonchev–Trinajstić information content (AvgIpc) is 2.40. The molecule has 0 fully saturated rings. The number of aromatic carboxylic acids is 1. The number of hydrogen-bond acceptors (Lipinski definition) is 4. The van der Waals surface area contributed by atoms with E-state index in [2.05, 4.69) is 4.98 Å². The molecular weight excluding hydrogens is 234 g/mol. The Labute approximate surface area is 104 Å². The first kappa shape index (κ1) is 11.9. The van der Waals surface area contributed by atoms with Crippen molar-refractivity contribution >= 4 is 5.97 Å². The first-order valence-corrected chi connectivity index (χ1v) is 5.19. The third kappa shape index (κ3) is 2.76. The van der Waals surface area contributed by atoms with Crippen LogP contribution in [0.2, 0.25) is 0 Å². The highest BCUT2D eigenvalue weighted by Crippen LogP contribution is 2.23. The maximum absolute atomic E-state index is 10.8. The van der Waals surface area contributed by atoms with Gasteiger partial charge in [-0.25, -0.2) is 4.79 Å². The van der Waals surface area contributed by atoms with E-state index in [9.17, 15) is 4.79 Å². The number of carbonyl (C=O) groups is 1. The van der Waals surface area contributed by atoms with Crippen LogP contribution < -0.4 is 9.47 Å². The molecule has 1 N–H and O–H groups in total. The van der Waals surface area contributed by atoms with Crippen LogP contribution in [0.25, 0.3) is 0 Å². The van der Waals surface area contributed by atoms with E-state index < -0.39 is 5.97 Å². The van der Waals surface area contributed by atoms with Crippen molar-refractivity contribution in [3.05, 3.63) is 48.3 Å². The highest BCUT2D eigenvalue weighted by atomic mass is 16.5. The first-order valence-electron chi connectivity index (χ1n) is 5.19. The summed E-state index contributed by atoms with van der Waals surface area (Å²) in [5.74, 6) is 0.641. The molecule has 0 spiro atoms. The van der Waals surface area contributed by atoms with Gasteiger partial charge in [0.2, 0.25) is 0 Å². The molecule has 0 bridgehead atoms. The largest absolute Gasteiger partial charge is 0.497 e. The van der Waals surface area contributed by atoms with E-state index in [0.29, 0.717) is 11.5 Å². The van der Waals surface area contributed by atoms with E-state index >= 15 is 0 Å². The van der Waals surface area contributed by atoms with Crippen LogP contribution in [0.5, 0.6) is 17.2 Å². The molecule has 18 heavy (non-hydrogen) atoms. The molecule has 0 saturated carbocycles. The normalized spacial score (nSPS) is 9.83. The molecule has 0 radical (unpaired) electrons. The van der Waals surface area contributed by atoms with Crippen LogP contribution in [0.1, 0.15) is 10.4 Å². The van der Waals surface area contributed by atoms with Gasteiger partial charge in [-0.3, -0.25) is 4.98 Å². The third-order valence-corrected chi connectivity index (χ3v) is 2.26. The van der Waals surface area contributed by atoms with Gasteiger partial charge in [0, 0.05) is 6.20 Å². The van der Waals surface area contributed by atoms with Crippen LogP contribution in [0.4, 0.5) is 0 Å². The van der Waals surface area contributed by atoms with Crippen molar-refractivity contribution in [1.29, 1.82) is 0 Å². The molecule has 0 saturated heterocycles. The minimum atomic E-state index is -1.04. The van der Waals surface area contributed by atoms with Crippen LogP contribution in [-0.2, 0) is 0 Å². The summed E-state index contributed by atoms with van der Waals surface area (Å²) in [5, 5.41) is 8.83. The van der Waals surface area contributed by atoms with Crippen LogP contribution in [0.15, 0.2) is 42.7 Å². The number of pyridine rings is 1. The molecule has 0 aliphatic heterocycles. The molecule has 0 atom stereocenters. The van der Waals surface area contributed by atoms with E-state index in [-0.39, 0.29) is 5.56 Å². The Hall–Kier alpha value is -2.56. The van der Waals surface area contributed by atoms with Gasteiger partial charge >= 0.3 is 5.97 Å². The molecule has 2 aromatic rings. The lowest BCUT2D eigenvalue weighted by Gasteiger charge is -2.06. The fourth-order valence-corrected chi connectivity index (χ4v) is 1.37. The maximum Gasteiger partial charge on any atom is 0.337 e. The SMILES string of the molecule is COc1ccc(Oc2cncc(C(=O)O)c2)cc1. The van der Waals surface area contributed by atoms with Crippen molar-refractivity contribution in [3.8, 4) is 17.2 Å². The molecule has 5 heteroatoms. The fourth-order valence-electron chi connectivity index (χ4n) is 1.37. The number of methoxy groups -OCH3 is 1. The second kappa shape index (κ2) is 5.18. The topological polar surface area (TPSA) is 68.7 Å². The summed E-state index contributed by atoms with van der Waals surface area (Å²) in [6, 6.07) is 8.38. The van der Waals surface area contributed by atoms with Crippen molar-refractivity contribution in [2.45, 2.75) is 0 Å². The number of ether oxygens (including phenoxy) is 2. The Morgan fingerprint density at radius 3 is 2.39 bits per heavy atom. The van der Waals surface area contributed by atoms with Crippen LogP contribution in [0.3, 0.4) is 0 Å². The molecule has 1 aromatic heterocycles. The van der Waals surface area contributed by atoms with Gasteiger partial charge in [-0.1, -0.05) is 0 Å². The zero-order valence-electron chi connectivity index (χ0n) is 9.66. The summed E-state index contributed by atoms with van der Waals surface area (Å²) >= 11 is 0. The summed E-state index contributed by atoms with van der Waals surface area (Å²) < 4.78 is 10.5. The highest BCUT2D eigenvalue weighted by molar-refractivity contribution is 5.87. The monoisotopic (exact) mass is 245 g/mol. The van der Waals surface area contributed by atoms with Crippen LogP contribution in [0, 0.1) is 0 Å². The van der Waals surface area contributed by atoms with Gasteiger partial charge in [-0.2, -0.15) is 0 Å². The fraction of sp³-hybridized carbons (Fsp3) is 0.0769. The van der Waals surface area contributed by atoms with Crippen LogP contribution in [-0.4, -0.2) is 23.2 Å². The van der Waals surface area contributed by atoms with Crippen molar-refractivity contribution in [1.82, 2.24) is 4.98 Å². The smallest absolute Gasteiger partial charge is 0.337 e. The lowest BCUT2D eigenvalue weighted by Crippen LogP contribution is -1.97. The second-order valence-corrected chi connectivity index (χ2v) is 3.49. The van der Waals surface area contributed by atoms with E-state index in [1.54, 1.807) is 31.4 Å². The number of carboxylic acid groups (broad SMARTS) is 1. The number of benzene rings is 1. The lowest BCUT2D eigenvalue weighted by atomic mass is 10.3. The predicted molar refractivity (Wildman–Crippen MR) is 64.3 cm³/mol. The molecule has 1 aromatic carbocycles. The summed E-state index contributed by atoms with van der Waals surface area (Å²) in [6.45, 7) is 0. The zero-order valence-corrected chi connectivity index (χ0v) is 9.66. The number of hydrogen-bond donors (Lipinski definition) is 1. The van der Waals surface area contributed by atoms with Gasteiger partial charge in [0.05, 0.1) is 18.9 Å². The van der Waals surface area contributed by atoms with E-state index in [0.717, 1.165) is 5.75 Å². The number of aromatic nitrogens is 1. The van der Waals surface area contributed by atoms with Crippen molar-refractivity contribution in [2.75, 3.05) is 7.11 Å². The average molecular weight is 245 g/mol. The highest BCUT2D eigenvalue weighted by Gasteiger charge is 2.05. The molecule has 92 valence electrons. The van der Waals surface area contributed by atoms with Gasteiger partial charge < -0.3 is 14.6 Å². The Bertz CT molecular complexity index is 551. The standard InChI is InChI=1S/C13H11NO4/c1-17-10-2-4-11(5-3-10)18-12-6-9(13(15)16)7-14-8-12/h2-8H,1H3,(H,15,16). The molecule has 0 unspecified atom stereocenters. The van der Waals surface area contributed by atoms with E-state index in [1.165, 1.54) is 18.5 Å². The number of rotatable bonds is 4. The predicted octanol–water partition coefficient (Wildman–Crippen LogP) is 2.58. The Kier molecular flexibility index (Phi) is 3.43. The molecule has 0 amide bonds. The van der Waals surface area contributed by atoms with Gasteiger partial charge in [0.1, 0.15) is 17.2 Å². The van der Waals surface area contributed by atoms with Crippen molar-refractivity contribution in [3.63, 3.8) is 0 Å². The maximum atomic E-state index is 10.8. The van der Waals surface area contributed by atoms with Crippen LogP contribution >= 0.6 is 0 Å². The summed E-state index contributed by atoms with van der Waals surface area (Å²) in [5.41, 5.74) is 0.0843. The molecule has 0 aliphatic carbocycles. The summed E-state index contributed by atoms with van der Waals surface area (Å²) in [6.07, 6.45) is 2.72. The third-order valence-electron chi connectivity index (χ3n) is 2.26. The minimum absolute atomic E-state index is 0.0843. The van der Waals surface area contributed by atoms with Gasteiger partial charge in [-0.05, 0) is 30.3 Å². The zero-order chi connectivity index (χ0) is 13.0. The van der Waals surface area contributed by atoms with Gasteiger partial charge in [0.15, 0.2) is 0 Å².